The molecule has 3 aromatic carbocycles. The summed E-state index contributed by atoms with van der Waals surface area (Å²) in [5, 5.41) is 13.8. The van der Waals surface area contributed by atoms with E-state index in [2.05, 4.69) is 19.2 Å². The van der Waals surface area contributed by atoms with E-state index in [0.717, 1.165) is 40.8 Å². The number of amides is 1. The molecule has 0 spiro atoms. The summed E-state index contributed by atoms with van der Waals surface area (Å²) in [6.07, 6.45) is 1.58. The number of benzene rings is 3. The van der Waals surface area contributed by atoms with E-state index >= 15 is 0 Å². The zero-order valence-corrected chi connectivity index (χ0v) is 24.3. The lowest BCUT2D eigenvalue weighted by Gasteiger charge is -2.27. The summed E-state index contributed by atoms with van der Waals surface area (Å²) in [4.78, 5) is 28.5. The van der Waals surface area contributed by atoms with E-state index in [1.54, 1.807) is 7.11 Å². The second kappa shape index (κ2) is 13.3. The maximum absolute atomic E-state index is 13.6. The molecule has 0 radical (unpaired) electrons. The SMILES string of the molecule is CCc1cccc(CC)c1NC(=O)CN1C[C@H](c2ccc3c(c2)OCO3)[C@H](C(=O)O)[C@H]1c1cccc(OCCOC)c1. The topological polar surface area (TPSA) is 107 Å². The number of methoxy groups -OCH3 is 1. The number of aliphatic carboxylic acids is 1. The predicted molar refractivity (Wildman–Crippen MR) is 158 cm³/mol. The van der Waals surface area contributed by atoms with E-state index in [-0.39, 0.29) is 25.2 Å². The summed E-state index contributed by atoms with van der Waals surface area (Å²) < 4.78 is 22.0. The molecule has 0 aromatic heterocycles. The number of likely N-dealkylation sites (tertiary alicyclic amines) is 1. The molecule has 2 N–H and O–H groups in total. The number of hydrogen-bond acceptors (Lipinski definition) is 7. The first-order valence-electron chi connectivity index (χ1n) is 14.4. The molecule has 1 fully saturated rings. The van der Waals surface area contributed by atoms with Gasteiger partial charge in [0.15, 0.2) is 11.5 Å². The zero-order chi connectivity index (χ0) is 29.6. The van der Waals surface area contributed by atoms with Crippen LogP contribution in [0.4, 0.5) is 5.69 Å². The van der Waals surface area contributed by atoms with Gasteiger partial charge in [-0.15, -0.1) is 0 Å². The molecule has 2 aliphatic heterocycles. The van der Waals surface area contributed by atoms with Crippen molar-refractivity contribution in [2.24, 2.45) is 5.92 Å². The zero-order valence-electron chi connectivity index (χ0n) is 24.3. The van der Waals surface area contributed by atoms with Crippen LogP contribution in [0.2, 0.25) is 0 Å². The molecule has 2 aliphatic rings. The third kappa shape index (κ3) is 6.22. The summed E-state index contributed by atoms with van der Waals surface area (Å²) in [5.74, 6) is -0.461. The number of hydrogen-bond donors (Lipinski definition) is 2. The molecule has 2 heterocycles. The van der Waals surface area contributed by atoms with Crippen LogP contribution in [0.1, 0.15) is 48.1 Å². The summed E-state index contributed by atoms with van der Waals surface area (Å²) in [7, 11) is 1.61. The molecule has 9 nitrogen and oxygen atoms in total. The number of aryl methyl sites for hydroxylation is 2. The van der Waals surface area contributed by atoms with Crippen molar-refractivity contribution in [2.75, 3.05) is 45.5 Å². The Balaban J connectivity index is 1.48. The number of carboxylic acid groups (broad SMARTS) is 1. The molecule has 3 aromatic rings. The monoisotopic (exact) mass is 574 g/mol. The Bertz CT molecular complexity index is 1400. The number of carbonyl (C=O) groups excluding carboxylic acids is 1. The van der Waals surface area contributed by atoms with E-state index in [9.17, 15) is 14.7 Å². The highest BCUT2D eigenvalue weighted by atomic mass is 16.7. The number of fused-ring (bicyclic) bond motifs is 1. The standard InChI is InChI=1S/C33H38N2O7/c1-4-21-8-6-9-22(5-2)31(21)34-29(36)19-35-18-26(23-12-13-27-28(17-23)42-20-41-27)30(33(37)38)32(35)24-10-7-11-25(16-24)40-15-14-39-3/h6-13,16-17,26,30,32H,4-5,14-15,18-20H2,1-3H3,(H,34,36)(H,37,38)/t26-,30+,32-/m1/s1. The van der Waals surface area contributed by atoms with E-state index < -0.39 is 17.9 Å². The van der Waals surface area contributed by atoms with Crippen molar-refractivity contribution in [1.82, 2.24) is 4.90 Å². The molecule has 0 aliphatic carbocycles. The molecule has 5 rings (SSSR count). The van der Waals surface area contributed by atoms with Gasteiger partial charge in [-0.1, -0.05) is 50.2 Å². The van der Waals surface area contributed by atoms with Crippen molar-refractivity contribution in [1.29, 1.82) is 0 Å². The summed E-state index contributed by atoms with van der Waals surface area (Å²) in [5.41, 5.74) is 4.60. The van der Waals surface area contributed by atoms with Gasteiger partial charge in [0.2, 0.25) is 12.7 Å². The van der Waals surface area contributed by atoms with Crippen molar-refractivity contribution in [3.63, 3.8) is 0 Å². The van der Waals surface area contributed by atoms with Gasteiger partial charge in [-0.2, -0.15) is 0 Å². The van der Waals surface area contributed by atoms with Gasteiger partial charge in [0.25, 0.3) is 0 Å². The van der Waals surface area contributed by atoms with E-state index in [4.69, 9.17) is 18.9 Å². The van der Waals surface area contributed by atoms with Gasteiger partial charge in [0, 0.05) is 31.3 Å². The van der Waals surface area contributed by atoms with Crippen LogP contribution < -0.4 is 19.5 Å². The minimum Gasteiger partial charge on any atom is -0.491 e. The lowest BCUT2D eigenvalue weighted by atomic mass is 9.82. The molecule has 0 bridgehead atoms. The molecule has 0 unspecified atom stereocenters. The molecule has 1 saturated heterocycles. The van der Waals surface area contributed by atoms with Crippen LogP contribution in [0.25, 0.3) is 0 Å². The molecular weight excluding hydrogens is 536 g/mol. The van der Waals surface area contributed by atoms with E-state index in [0.29, 0.717) is 37.0 Å². The van der Waals surface area contributed by atoms with Gasteiger partial charge in [-0.05, 0) is 59.4 Å². The van der Waals surface area contributed by atoms with Gasteiger partial charge < -0.3 is 29.4 Å². The minimum absolute atomic E-state index is 0.0332. The van der Waals surface area contributed by atoms with E-state index in [1.165, 1.54) is 0 Å². The molecular formula is C33H38N2O7. The lowest BCUT2D eigenvalue weighted by molar-refractivity contribution is -0.143. The van der Waals surface area contributed by atoms with Crippen LogP contribution in [0.5, 0.6) is 17.2 Å². The Kier molecular flexibility index (Phi) is 9.29. The van der Waals surface area contributed by atoms with Crippen molar-refractivity contribution in [3.8, 4) is 17.2 Å². The number of rotatable bonds is 12. The van der Waals surface area contributed by atoms with Gasteiger partial charge >= 0.3 is 5.97 Å². The number of para-hydroxylation sites is 1. The fourth-order valence-corrected chi connectivity index (χ4v) is 6.07. The Morgan fingerprint density at radius 1 is 0.952 bits per heavy atom. The van der Waals surface area contributed by atoms with E-state index in [1.807, 2.05) is 65.6 Å². The van der Waals surface area contributed by atoms with Crippen LogP contribution in [0.3, 0.4) is 0 Å². The fraction of sp³-hybridized carbons (Fsp3) is 0.394. The van der Waals surface area contributed by atoms with Gasteiger partial charge in [0.05, 0.1) is 19.1 Å². The first-order chi connectivity index (χ1) is 20.4. The number of ether oxygens (including phenoxy) is 4. The average molecular weight is 575 g/mol. The summed E-state index contributed by atoms with van der Waals surface area (Å²) in [6.45, 7) is 5.48. The molecule has 222 valence electrons. The van der Waals surface area contributed by atoms with Gasteiger partial charge in [-0.25, -0.2) is 0 Å². The quantitative estimate of drug-likeness (QED) is 0.290. The smallest absolute Gasteiger partial charge is 0.309 e. The maximum atomic E-state index is 13.6. The van der Waals surface area contributed by atoms with Crippen molar-refractivity contribution in [2.45, 2.75) is 38.6 Å². The average Bonchev–Trinajstić information content (AvgIpc) is 3.62. The summed E-state index contributed by atoms with van der Waals surface area (Å²) in [6, 6.07) is 18.5. The van der Waals surface area contributed by atoms with Crippen LogP contribution in [-0.2, 0) is 27.2 Å². The second-order valence-corrected chi connectivity index (χ2v) is 10.6. The van der Waals surface area contributed by atoms with Crippen LogP contribution >= 0.6 is 0 Å². The number of nitrogens with zero attached hydrogens (tertiary/aromatic N) is 1. The number of carbonyl (C=O) groups is 2. The largest absolute Gasteiger partial charge is 0.491 e. The Hall–Kier alpha value is -4.08. The predicted octanol–water partition coefficient (Wildman–Crippen LogP) is 5.05. The van der Waals surface area contributed by atoms with Crippen molar-refractivity contribution in [3.05, 3.63) is 82.9 Å². The summed E-state index contributed by atoms with van der Waals surface area (Å²) >= 11 is 0. The fourth-order valence-electron chi connectivity index (χ4n) is 6.07. The van der Waals surface area contributed by atoms with Gasteiger partial charge in [-0.3, -0.25) is 14.5 Å². The highest BCUT2D eigenvalue weighted by Gasteiger charge is 2.48. The molecule has 0 saturated carbocycles. The molecule has 3 atom stereocenters. The molecule has 9 heteroatoms. The molecule has 42 heavy (non-hydrogen) atoms. The third-order valence-electron chi connectivity index (χ3n) is 8.07. The number of carboxylic acids is 1. The minimum atomic E-state index is -0.930. The number of nitrogens with one attached hydrogen (secondary N) is 1. The van der Waals surface area contributed by atoms with Crippen molar-refractivity contribution < 1.29 is 33.6 Å². The van der Waals surface area contributed by atoms with Crippen LogP contribution in [0.15, 0.2) is 60.7 Å². The first kappa shape index (κ1) is 29.4. The normalized spacial score (nSPS) is 19.5. The first-order valence-corrected chi connectivity index (χ1v) is 14.4. The Morgan fingerprint density at radius 2 is 1.69 bits per heavy atom. The van der Waals surface area contributed by atoms with Crippen LogP contribution in [-0.4, -0.2) is 62.1 Å². The van der Waals surface area contributed by atoms with Gasteiger partial charge in [0.1, 0.15) is 12.4 Å². The lowest BCUT2D eigenvalue weighted by Crippen LogP contribution is -2.35. The maximum Gasteiger partial charge on any atom is 0.309 e. The highest BCUT2D eigenvalue weighted by Crippen LogP contribution is 2.48. The number of anilines is 1. The highest BCUT2D eigenvalue weighted by molar-refractivity contribution is 5.94. The van der Waals surface area contributed by atoms with Crippen LogP contribution in [0, 0.1) is 5.92 Å². The third-order valence-corrected chi connectivity index (χ3v) is 8.07. The Labute approximate surface area is 246 Å². The second-order valence-electron chi connectivity index (χ2n) is 10.6. The van der Waals surface area contributed by atoms with Crippen molar-refractivity contribution >= 4 is 17.6 Å². The Morgan fingerprint density at radius 3 is 2.40 bits per heavy atom. The molecule has 1 amide bonds.